The second-order valence-electron chi connectivity index (χ2n) is 5.10. The Labute approximate surface area is 144 Å². The van der Waals surface area contributed by atoms with Crippen LogP contribution in [0.2, 0.25) is 10.0 Å². The molecule has 8 heteroatoms. The van der Waals surface area contributed by atoms with E-state index in [-0.39, 0.29) is 18.7 Å². The van der Waals surface area contributed by atoms with E-state index in [4.69, 9.17) is 32.7 Å². The highest BCUT2D eigenvalue weighted by Crippen LogP contribution is 2.30. The summed E-state index contributed by atoms with van der Waals surface area (Å²) in [6.07, 6.45) is -0.0113. The number of benzene rings is 1. The number of rotatable bonds is 3. The van der Waals surface area contributed by atoms with Crippen LogP contribution in [0.4, 0.5) is 4.79 Å². The van der Waals surface area contributed by atoms with Crippen LogP contribution in [0.25, 0.3) is 0 Å². The van der Waals surface area contributed by atoms with Gasteiger partial charge in [-0.2, -0.15) is 0 Å². The molecule has 1 saturated heterocycles. The maximum Gasteiger partial charge on any atom is 0.411 e. The molecule has 23 heavy (non-hydrogen) atoms. The largest absolute Gasteiger partial charge is 0.428 e. The molecule has 1 N–H and O–H groups in total. The van der Waals surface area contributed by atoms with Crippen molar-refractivity contribution in [2.75, 3.05) is 26.4 Å². The number of carbonyl (C=O) groups is 2. The number of hydrogen-bond donors (Lipinski definition) is 1. The van der Waals surface area contributed by atoms with Gasteiger partial charge in [0.25, 0.3) is 0 Å². The zero-order chi connectivity index (χ0) is 16.8. The predicted molar refractivity (Wildman–Crippen MR) is 86.5 cm³/mol. The molecular weight excluding hydrogens is 343 g/mol. The van der Waals surface area contributed by atoms with Crippen molar-refractivity contribution in [3.8, 4) is 0 Å². The van der Waals surface area contributed by atoms with Crippen molar-refractivity contribution in [3.05, 3.63) is 33.8 Å². The Morgan fingerprint density at radius 2 is 2.13 bits per heavy atom. The molecular formula is C15H18Cl2N2O4. The van der Waals surface area contributed by atoms with Gasteiger partial charge >= 0.3 is 6.09 Å². The Kier molecular flexibility index (Phi) is 6.50. The van der Waals surface area contributed by atoms with Gasteiger partial charge in [-0.05, 0) is 24.1 Å². The molecule has 0 radical (unpaired) electrons. The molecule has 1 fully saturated rings. The normalized spacial score (nSPS) is 18.2. The second kappa shape index (κ2) is 8.38. The van der Waals surface area contributed by atoms with Crippen molar-refractivity contribution >= 4 is 35.2 Å². The average molecular weight is 361 g/mol. The summed E-state index contributed by atoms with van der Waals surface area (Å²) in [7, 11) is 0. The van der Waals surface area contributed by atoms with Gasteiger partial charge in [-0.3, -0.25) is 4.79 Å². The summed E-state index contributed by atoms with van der Waals surface area (Å²) in [5, 5.41) is 3.38. The standard InChI is InChI=1S/C15H18Cl2N2O4/c1-10(20)18-9-23-15(21)19-5-4-14(22-7-6-19)11-2-3-12(16)13(17)8-11/h2-3,8,14H,4-7,9H2,1H3,(H,18,20). The molecule has 0 aliphatic carbocycles. The first kappa shape index (κ1) is 17.8. The average Bonchev–Trinajstić information content (AvgIpc) is 2.75. The van der Waals surface area contributed by atoms with E-state index in [1.165, 1.54) is 6.92 Å². The van der Waals surface area contributed by atoms with Gasteiger partial charge in [0.15, 0.2) is 6.73 Å². The monoisotopic (exact) mass is 360 g/mol. The summed E-state index contributed by atoms with van der Waals surface area (Å²) in [5.74, 6) is -0.253. The highest BCUT2D eigenvalue weighted by atomic mass is 35.5. The molecule has 0 spiro atoms. The molecule has 2 amide bonds. The Morgan fingerprint density at radius 1 is 1.35 bits per heavy atom. The maximum absolute atomic E-state index is 11.9. The number of hydrogen-bond acceptors (Lipinski definition) is 4. The SMILES string of the molecule is CC(=O)NCOC(=O)N1CCOC(c2ccc(Cl)c(Cl)c2)CC1. The quantitative estimate of drug-likeness (QED) is 0.841. The first-order valence-electron chi connectivity index (χ1n) is 7.20. The van der Waals surface area contributed by atoms with E-state index in [1.807, 2.05) is 6.07 Å². The third-order valence-electron chi connectivity index (χ3n) is 3.43. The maximum atomic E-state index is 11.9. The molecule has 6 nitrogen and oxygen atoms in total. The fourth-order valence-corrected chi connectivity index (χ4v) is 2.53. The van der Waals surface area contributed by atoms with Gasteiger partial charge in [-0.15, -0.1) is 0 Å². The van der Waals surface area contributed by atoms with Crippen molar-refractivity contribution in [1.82, 2.24) is 10.2 Å². The molecule has 1 aromatic rings. The van der Waals surface area contributed by atoms with Crippen LogP contribution in [0.1, 0.15) is 25.0 Å². The van der Waals surface area contributed by atoms with E-state index in [1.54, 1.807) is 17.0 Å². The third-order valence-corrected chi connectivity index (χ3v) is 4.17. The van der Waals surface area contributed by atoms with Crippen molar-refractivity contribution in [2.24, 2.45) is 0 Å². The lowest BCUT2D eigenvalue weighted by Crippen LogP contribution is -2.36. The van der Waals surface area contributed by atoms with Crippen LogP contribution in [0.3, 0.4) is 0 Å². The highest BCUT2D eigenvalue weighted by molar-refractivity contribution is 6.42. The smallest absolute Gasteiger partial charge is 0.411 e. The molecule has 1 aliphatic heterocycles. The lowest BCUT2D eigenvalue weighted by molar-refractivity contribution is -0.120. The molecule has 1 aromatic carbocycles. The van der Waals surface area contributed by atoms with E-state index in [2.05, 4.69) is 5.32 Å². The van der Waals surface area contributed by atoms with Crippen LogP contribution in [0, 0.1) is 0 Å². The van der Waals surface area contributed by atoms with Crippen LogP contribution >= 0.6 is 23.2 Å². The summed E-state index contributed by atoms with van der Waals surface area (Å²) >= 11 is 11.9. The van der Waals surface area contributed by atoms with E-state index in [9.17, 15) is 9.59 Å². The first-order valence-corrected chi connectivity index (χ1v) is 7.95. The zero-order valence-electron chi connectivity index (χ0n) is 12.7. The summed E-state index contributed by atoms with van der Waals surface area (Å²) in [6.45, 7) is 2.53. The van der Waals surface area contributed by atoms with Crippen LogP contribution in [-0.2, 0) is 14.3 Å². The molecule has 0 aromatic heterocycles. The summed E-state index contributed by atoms with van der Waals surface area (Å²) in [6, 6.07) is 5.37. The Hall–Kier alpha value is -1.50. The van der Waals surface area contributed by atoms with E-state index >= 15 is 0 Å². The molecule has 2 rings (SSSR count). The topological polar surface area (TPSA) is 67.9 Å². The number of nitrogens with zero attached hydrogens (tertiary/aromatic N) is 1. The van der Waals surface area contributed by atoms with Gasteiger partial charge in [0.2, 0.25) is 5.91 Å². The minimum absolute atomic E-state index is 0.137. The molecule has 1 aliphatic rings. The fourth-order valence-electron chi connectivity index (χ4n) is 2.22. The molecule has 0 saturated carbocycles. The van der Waals surface area contributed by atoms with Crippen LogP contribution < -0.4 is 5.32 Å². The van der Waals surface area contributed by atoms with Crippen LogP contribution in [-0.4, -0.2) is 43.3 Å². The second-order valence-corrected chi connectivity index (χ2v) is 5.91. The molecule has 126 valence electrons. The number of ether oxygens (including phenoxy) is 2. The van der Waals surface area contributed by atoms with Crippen molar-refractivity contribution in [2.45, 2.75) is 19.4 Å². The van der Waals surface area contributed by atoms with Crippen molar-refractivity contribution in [1.29, 1.82) is 0 Å². The van der Waals surface area contributed by atoms with E-state index < -0.39 is 6.09 Å². The molecule has 1 atom stereocenters. The molecule has 1 unspecified atom stereocenters. The Bertz CT molecular complexity index is 583. The van der Waals surface area contributed by atoms with Crippen LogP contribution in [0.15, 0.2) is 18.2 Å². The fraction of sp³-hybridized carbons (Fsp3) is 0.467. The van der Waals surface area contributed by atoms with E-state index in [0.29, 0.717) is 36.2 Å². The van der Waals surface area contributed by atoms with Crippen molar-refractivity contribution in [3.63, 3.8) is 0 Å². The number of nitrogens with one attached hydrogen (secondary N) is 1. The van der Waals surface area contributed by atoms with Gasteiger partial charge in [-0.25, -0.2) is 4.79 Å². The third kappa shape index (κ3) is 5.27. The molecule has 1 heterocycles. The van der Waals surface area contributed by atoms with Gasteiger partial charge in [0.1, 0.15) is 0 Å². The van der Waals surface area contributed by atoms with Gasteiger partial charge in [0, 0.05) is 20.0 Å². The van der Waals surface area contributed by atoms with Crippen molar-refractivity contribution < 1.29 is 19.1 Å². The Morgan fingerprint density at radius 3 is 2.83 bits per heavy atom. The number of amides is 2. The summed E-state index contributed by atoms with van der Waals surface area (Å²) in [5.41, 5.74) is 0.924. The minimum Gasteiger partial charge on any atom is -0.428 e. The number of halogens is 2. The van der Waals surface area contributed by atoms with Gasteiger partial charge in [-0.1, -0.05) is 29.3 Å². The number of carbonyl (C=O) groups excluding carboxylic acids is 2. The minimum atomic E-state index is -0.475. The highest BCUT2D eigenvalue weighted by Gasteiger charge is 2.23. The summed E-state index contributed by atoms with van der Waals surface area (Å²) < 4.78 is 10.8. The summed E-state index contributed by atoms with van der Waals surface area (Å²) in [4.78, 5) is 24.2. The molecule has 0 bridgehead atoms. The first-order chi connectivity index (χ1) is 11.0. The zero-order valence-corrected chi connectivity index (χ0v) is 14.2. The predicted octanol–water partition coefficient (Wildman–Crippen LogP) is 2.99. The Balaban J connectivity index is 1.90. The lowest BCUT2D eigenvalue weighted by Gasteiger charge is -2.19. The lowest BCUT2D eigenvalue weighted by atomic mass is 10.1. The van der Waals surface area contributed by atoms with Gasteiger partial charge in [0.05, 0.1) is 22.8 Å². The van der Waals surface area contributed by atoms with Gasteiger partial charge < -0.3 is 19.7 Å². The van der Waals surface area contributed by atoms with E-state index in [0.717, 1.165) is 5.56 Å². The van der Waals surface area contributed by atoms with Crippen LogP contribution in [0.5, 0.6) is 0 Å².